The Kier molecular flexibility index (Phi) is 5.60. The highest BCUT2D eigenvalue weighted by Crippen LogP contribution is 2.48. The normalized spacial score (nSPS) is 13.6. The van der Waals surface area contributed by atoms with E-state index >= 15 is 0 Å². The van der Waals surface area contributed by atoms with Gasteiger partial charge in [-0.2, -0.15) is 0 Å². The van der Waals surface area contributed by atoms with Crippen LogP contribution in [0.25, 0.3) is 0 Å². The van der Waals surface area contributed by atoms with Crippen LogP contribution >= 0.6 is 69.6 Å². The second-order valence-corrected chi connectivity index (χ2v) is 6.14. The van der Waals surface area contributed by atoms with Gasteiger partial charge in [-0.25, -0.2) is 0 Å². The third-order valence-electron chi connectivity index (χ3n) is 1.04. The molecule has 0 aromatic heterocycles. The van der Waals surface area contributed by atoms with Gasteiger partial charge in [0.1, 0.15) is 0 Å². The van der Waals surface area contributed by atoms with Crippen molar-refractivity contribution in [1.82, 2.24) is 0 Å². The second-order valence-electron chi connectivity index (χ2n) is 1.99. The number of hydrogen-bond donors (Lipinski definition) is 0. The predicted molar refractivity (Wildman–Crippen MR) is 54.7 cm³/mol. The molecule has 0 saturated carbocycles. The van der Waals surface area contributed by atoms with E-state index in [-0.39, 0.29) is 0 Å². The molecule has 0 atom stereocenters. The Morgan fingerprint density at radius 3 is 1.64 bits per heavy atom. The van der Waals surface area contributed by atoms with Gasteiger partial charge in [-0.3, -0.25) is 0 Å². The van der Waals surface area contributed by atoms with Gasteiger partial charge in [0.15, 0.2) is 4.33 Å². The van der Waals surface area contributed by atoms with Crippen molar-refractivity contribution >= 4 is 69.6 Å². The number of rotatable bonds is 3. The minimum atomic E-state index is -1.66. The maximum atomic E-state index is 5.70. The molecule has 0 spiro atoms. The molecule has 0 nitrogen and oxygen atoms in total. The molecule has 0 fully saturated rings. The van der Waals surface area contributed by atoms with Gasteiger partial charge >= 0.3 is 0 Å². The van der Waals surface area contributed by atoms with E-state index < -0.39 is 8.13 Å². The molecular weight excluding hydrogens is 273 g/mol. The zero-order chi connectivity index (χ0) is 9.12. The van der Waals surface area contributed by atoms with Crippen LogP contribution in [0.15, 0.2) is 0 Å². The second kappa shape index (κ2) is 4.83. The smallest absolute Gasteiger partial charge is 0.127 e. The van der Waals surface area contributed by atoms with Gasteiger partial charge in [0.05, 0.1) is 0 Å². The molecule has 0 aliphatic rings. The molecule has 11 heavy (non-hydrogen) atoms. The van der Waals surface area contributed by atoms with E-state index in [1.54, 1.807) is 0 Å². The Balaban J connectivity index is 4.00. The molecule has 0 N–H and O–H groups in total. The summed E-state index contributed by atoms with van der Waals surface area (Å²) < 4.78 is -3.02. The van der Waals surface area contributed by atoms with Crippen LogP contribution in [0.3, 0.4) is 0 Å². The molecule has 0 aromatic rings. The third-order valence-corrected chi connectivity index (χ3v) is 3.80. The fourth-order valence-electron chi connectivity index (χ4n) is 0.431. The summed E-state index contributed by atoms with van der Waals surface area (Å²) >= 11 is 33.3. The highest BCUT2D eigenvalue weighted by atomic mass is 35.6. The van der Waals surface area contributed by atoms with Crippen molar-refractivity contribution in [3.8, 4) is 0 Å². The van der Waals surface area contributed by atoms with Crippen LogP contribution in [0, 0.1) is 0 Å². The first-order valence-corrected chi connectivity index (χ1v) is 5.24. The lowest BCUT2D eigenvalue weighted by Crippen LogP contribution is -2.30. The molecule has 0 amide bonds. The fraction of sp³-hybridized carbons (Fsp3) is 1.00. The molecule has 0 bridgehead atoms. The first-order chi connectivity index (χ1) is 4.81. The summed E-state index contributed by atoms with van der Waals surface area (Å²) in [5, 5.41) is 0. The molecule has 0 aliphatic carbocycles. The summed E-state index contributed by atoms with van der Waals surface area (Å²) in [6.45, 7) is 0. The average Bonchev–Trinajstić information content (AvgIpc) is 1.81. The number of halogens is 6. The number of hydrogen-bond acceptors (Lipinski definition) is 0. The van der Waals surface area contributed by atoms with Crippen LogP contribution in [0.5, 0.6) is 0 Å². The molecule has 0 radical (unpaired) electrons. The van der Waals surface area contributed by atoms with Gasteiger partial charge in [-0.1, -0.05) is 58.0 Å². The Bertz CT molecular complexity index is 115. The summed E-state index contributed by atoms with van der Waals surface area (Å²) in [6.07, 6.45) is 0.971. The molecule has 0 saturated heterocycles. The number of alkyl halides is 6. The van der Waals surface area contributed by atoms with Gasteiger partial charge in [0.25, 0.3) is 0 Å². The zero-order valence-electron chi connectivity index (χ0n) is 5.39. The summed E-state index contributed by atoms with van der Waals surface area (Å²) in [4.78, 5) is 0. The standard InChI is InChI=1S/C5H6Cl6/c6-3-1-2-4(7,8)5(9,10)11/h1-3H2. The van der Waals surface area contributed by atoms with Gasteiger partial charge in [0, 0.05) is 5.88 Å². The lowest BCUT2D eigenvalue weighted by atomic mass is 10.2. The summed E-state index contributed by atoms with van der Waals surface area (Å²) in [5.41, 5.74) is 0. The minimum absolute atomic E-state index is 0.357. The van der Waals surface area contributed by atoms with Crippen molar-refractivity contribution in [1.29, 1.82) is 0 Å². The van der Waals surface area contributed by atoms with E-state index in [4.69, 9.17) is 69.6 Å². The molecule has 68 valence electrons. The van der Waals surface area contributed by atoms with Crippen LogP contribution < -0.4 is 0 Å². The molecule has 0 rings (SSSR count). The molecule has 0 heterocycles. The Morgan fingerprint density at radius 2 is 1.36 bits per heavy atom. The van der Waals surface area contributed by atoms with E-state index in [2.05, 4.69) is 0 Å². The van der Waals surface area contributed by atoms with Crippen molar-refractivity contribution in [2.75, 3.05) is 5.88 Å². The lowest BCUT2D eigenvalue weighted by Gasteiger charge is -2.26. The monoisotopic (exact) mass is 276 g/mol. The molecule has 0 unspecified atom stereocenters. The van der Waals surface area contributed by atoms with Crippen LogP contribution in [0.2, 0.25) is 0 Å². The quantitative estimate of drug-likeness (QED) is 0.665. The molecular formula is C5H6Cl6. The minimum Gasteiger partial charge on any atom is -0.127 e. The fourth-order valence-corrected chi connectivity index (χ4v) is 1.11. The molecule has 6 heteroatoms. The lowest BCUT2D eigenvalue weighted by molar-refractivity contribution is 0.691. The van der Waals surface area contributed by atoms with E-state index in [0.717, 1.165) is 0 Å². The average molecular weight is 279 g/mol. The maximum Gasteiger partial charge on any atom is 0.223 e. The van der Waals surface area contributed by atoms with Crippen molar-refractivity contribution in [3.63, 3.8) is 0 Å². The van der Waals surface area contributed by atoms with Crippen molar-refractivity contribution in [3.05, 3.63) is 0 Å². The van der Waals surface area contributed by atoms with Crippen LogP contribution in [-0.4, -0.2) is 14.0 Å². The van der Waals surface area contributed by atoms with Crippen LogP contribution in [0.1, 0.15) is 12.8 Å². The molecule has 0 aromatic carbocycles. The zero-order valence-corrected chi connectivity index (χ0v) is 9.92. The SMILES string of the molecule is ClCCCC(Cl)(Cl)C(Cl)(Cl)Cl. The topological polar surface area (TPSA) is 0 Å². The van der Waals surface area contributed by atoms with Crippen molar-refractivity contribution in [2.45, 2.75) is 21.0 Å². The van der Waals surface area contributed by atoms with Crippen molar-refractivity contribution < 1.29 is 0 Å². The van der Waals surface area contributed by atoms with E-state index in [0.29, 0.717) is 18.7 Å². The van der Waals surface area contributed by atoms with Gasteiger partial charge in [0.2, 0.25) is 3.79 Å². The van der Waals surface area contributed by atoms with E-state index in [1.165, 1.54) is 0 Å². The molecule has 0 aliphatic heterocycles. The van der Waals surface area contributed by atoms with Gasteiger partial charge in [-0.05, 0) is 12.8 Å². The summed E-state index contributed by atoms with van der Waals surface area (Å²) in [5.74, 6) is 0.446. The first kappa shape index (κ1) is 12.7. The Morgan fingerprint density at radius 1 is 0.909 bits per heavy atom. The third kappa shape index (κ3) is 4.50. The summed E-state index contributed by atoms with van der Waals surface area (Å²) in [6, 6.07) is 0. The first-order valence-electron chi connectivity index (χ1n) is 2.82. The Hall–Kier alpha value is 1.74. The van der Waals surface area contributed by atoms with Gasteiger partial charge in [-0.15, -0.1) is 11.6 Å². The Labute approximate surface area is 96.0 Å². The maximum absolute atomic E-state index is 5.70. The van der Waals surface area contributed by atoms with Crippen LogP contribution in [0.4, 0.5) is 0 Å². The van der Waals surface area contributed by atoms with Crippen LogP contribution in [-0.2, 0) is 0 Å². The van der Waals surface area contributed by atoms with Gasteiger partial charge < -0.3 is 0 Å². The predicted octanol–water partition coefficient (Wildman–Crippen LogP) is 4.55. The summed E-state index contributed by atoms with van der Waals surface area (Å²) in [7, 11) is 0. The highest BCUT2D eigenvalue weighted by molar-refractivity contribution is 6.75. The van der Waals surface area contributed by atoms with E-state index in [1.807, 2.05) is 0 Å². The highest BCUT2D eigenvalue weighted by Gasteiger charge is 2.44. The largest absolute Gasteiger partial charge is 0.223 e. The van der Waals surface area contributed by atoms with Crippen molar-refractivity contribution in [2.24, 2.45) is 0 Å². The van der Waals surface area contributed by atoms with E-state index in [9.17, 15) is 0 Å².